The summed E-state index contributed by atoms with van der Waals surface area (Å²) in [6.07, 6.45) is 2.59. The fourth-order valence-corrected chi connectivity index (χ4v) is 2.00. The third-order valence-electron chi connectivity index (χ3n) is 2.62. The number of nitrogens with zero attached hydrogens (tertiary/aromatic N) is 1. The lowest BCUT2D eigenvalue weighted by Gasteiger charge is -2.17. The Morgan fingerprint density at radius 1 is 1.22 bits per heavy atom. The molecule has 0 fully saturated rings. The molecule has 1 aromatic heterocycles. The highest BCUT2D eigenvalue weighted by Gasteiger charge is 2.17. The minimum absolute atomic E-state index is 0.359. The molecule has 2 nitrogen and oxygen atoms in total. The largest absolute Gasteiger partial charge is 0.309 e. The predicted octanol–water partition coefficient (Wildman–Crippen LogP) is 3.32. The third kappa shape index (κ3) is 2.66. The molecule has 0 aliphatic rings. The van der Waals surface area contributed by atoms with Crippen molar-refractivity contribution >= 4 is 11.6 Å². The van der Waals surface area contributed by atoms with E-state index in [-0.39, 0.29) is 0 Å². The van der Waals surface area contributed by atoms with Gasteiger partial charge in [-0.1, -0.05) is 11.6 Å². The summed E-state index contributed by atoms with van der Waals surface area (Å²) in [5, 5.41) is 3.35. The standard InChI is InChI=1S/C13H11ClF2N2/c1-17-13(8-4-10(15)7-18-6-8)11-5-9(14)2-3-12(11)16/h2-7,13,17H,1H3. The van der Waals surface area contributed by atoms with Crippen molar-refractivity contribution in [2.24, 2.45) is 0 Å². The molecule has 0 aliphatic heterocycles. The number of aromatic nitrogens is 1. The van der Waals surface area contributed by atoms with Gasteiger partial charge < -0.3 is 5.32 Å². The van der Waals surface area contributed by atoms with Crippen LogP contribution in [-0.2, 0) is 0 Å². The molecule has 2 aromatic rings. The first-order valence-corrected chi connectivity index (χ1v) is 5.72. The molecule has 1 atom stereocenters. The maximum Gasteiger partial charge on any atom is 0.141 e. The molecule has 0 radical (unpaired) electrons. The number of nitrogens with one attached hydrogen (secondary N) is 1. The fourth-order valence-electron chi connectivity index (χ4n) is 1.82. The molecule has 1 unspecified atom stereocenters. The van der Waals surface area contributed by atoms with Crippen molar-refractivity contribution in [3.05, 3.63) is 64.4 Å². The minimum Gasteiger partial charge on any atom is -0.309 e. The Kier molecular flexibility index (Phi) is 3.89. The van der Waals surface area contributed by atoms with E-state index < -0.39 is 17.7 Å². The topological polar surface area (TPSA) is 24.9 Å². The number of hydrogen-bond donors (Lipinski definition) is 1. The van der Waals surface area contributed by atoms with Crippen LogP contribution < -0.4 is 5.32 Å². The zero-order chi connectivity index (χ0) is 13.1. The lowest BCUT2D eigenvalue weighted by atomic mass is 10.00. The van der Waals surface area contributed by atoms with E-state index in [0.717, 1.165) is 6.20 Å². The van der Waals surface area contributed by atoms with E-state index in [4.69, 9.17) is 11.6 Å². The van der Waals surface area contributed by atoms with Crippen LogP contribution in [0.4, 0.5) is 8.78 Å². The van der Waals surface area contributed by atoms with Crippen molar-refractivity contribution in [2.75, 3.05) is 7.05 Å². The van der Waals surface area contributed by atoms with Crippen LogP contribution in [0.1, 0.15) is 17.2 Å². The first-order chi connectivity index (χ1) is 8.61. The van der Waals surface area contributed by atoms with E-state index in [1.807, 2.05) is 0 Å². The summed E-state index contributed by atoms with van der Waals surface area (Å²) >= 11 is 5.85. The van der Waals surface area contributed by atoms with Gasteiger partial charge in [-0.05, 0) is 36.9 Å². The first kappa shape index (κ1) is 12.9. The SMILES string of the molecule is CNC(c1cncc(F)c1)c1cc(Cl)ccc1F. The van der Waals surface area contributed by atoms with Gasteiger partial charge in [0.25, 0.3) is 0 Å². The summed E-state index contributed by atoms with van der Waals surface area (Å²) in [4.78, 5) is 3.76. The number of rotatable bonds is 3. The van der Waals surface area contributed by atoms with Crippen LogP contribution in [0.5, 0.6) is 0 Å². The van der Waals surface area contributed by atoms with Crippen molar-refractivity contribution in [2.45, 2.75) is 6.04 Å². The van der Waals surface area contributed by atoms with E-state index in [2.05, 4.69) is 10.3 Å². The molecule has 94 valence electrons. The molecule has 1 aromatic carbocycles. The van der Waals surface area contributed by atoms with Crippen molar-refractivity contribution in [3.63, 3.8) is 0 Å². The second kappa shape index (κ2) is 5.42. The van der Waals surface area contributed by atoms with Crippen molar-refractivity contribution in [1.29, 1.82) is 0 Å². The summed E-state index contributed by atoms with van der Waals surface area (Å²) < 4.78 is 26.9. The second-order valence-electron chi connectivity index (χ2n) is 3.82. The van der Waals surface area contributed by atoms with Crippen LogP contribution in [0.3, 0.4) is 0 Å². The average molecular weight is 269 g/mol. The van der Waals surface area contributed by atoms with Crippen molar-refractivity contribution in [3.8, 4) is 0 Å². The van der Waals surface area contributed by atoms with Crippen LogP contribution in [-0.4, -0.2) is 12.0 Å². The van der Waals surface area contributed by atoms with Crippen LogP contribution in [0.25, 0.3) is 0 Å². The minimum atomic E-state index is -0.494. The van der Waals surface area contributed by atoms with E-state index in [0.29, 0.717) is 16.1 Å². The number of benzene rings is 1. The Morgan fingerprint density at radius 2 is 2.00 bits per heavy atom. The van der Waals surface area contributed by atoms with Crippen LogP contribution in [0.2, 0.25) is 5.02 Å². The van der Waals surface area contributed by atoms with Gasteiger partial charge in [0, 0.05) is 16.8 Å². The zero-order valence-electron chi connectivity index (χ0n) is 9.62. The zero-order valence-corrected chi connectivity index (χ0v) is 10.4. The molecule has 1 heterocycles. The van der Waals surface area contributed by atoms with Crippen LogP contribution >= 0.6 is 11.6 Å². The molecule has 0 amide bonds. The van der Waals surface area contributed by atoms with Gasteiger partial charge in [0.05, 0.1) is 12.2 Å². The van der Waals surface area contributed by atoms with Gasteiger partial charge in [0.15, 0.2) is 0 Å². The molecule has 2 rings (SSSR count). The van der Waals surface area contributed by atoms with Crippen molar-refractivity contribution < 1.29 is 8.78 Å². The summed E-state index contributed by atoms with van der Waals surface area (Å²) in [6.45, 7) is 0. The molecule has 18 heavy (non-hydrogen) atoms. The van der Waals surface area contributed by atoms with Crippen LogP contribution in [0.15, 0.2) is 36.7 Å². The smallest absolute Gasteiger partial charge is 0.141 e. The number of halogens is 3. The molecular weight excluding hydrogens is 258 g/mol. The molecule has 0 spiro atoms. The Labute approximate surface area is 109 Å². The van der Waals surface area contributed by atoms with Gasteiger partial charge in [0.1, 0.15) is 11.6 Å². The average Bonchev–Trinajstić information content (AvgIpc) is 2.35. The van der Waals surface area contributed by atoms with E-state index in [1.165, 1.54) is 30.5 Å². The maximum absolute atomic E-state index is 13.8. The quantitative estimate of drug-likeness (QED) is 0.924. The first-order valence-electron chi connectivity index (χ1n) is 5.34. The summed E-state index contributed by atoms with van der Waals surface area (Å²) in [5.41, 5.74) is 0.899. The highest BCUT2D eigenvalue weighted by atomic mass is 35.5. The molecule has 5 heteroatoms. The monoisotopic (exact) mass is 268 g/mol. The lowest BCUT2D eigenvalue weighted by Crippen LogP contribution is -2.19. The Morgan fingerprint density at radius 3 is 2.67 bits per heavy atom. The van der Waals surface area contributed by atoms with Gasteiger partial charge in [0.2, 0.25) is 0 Å². The normalized spacial score (nSPS) is 12.4. The Bertz CT molecular complexity index is 560. The van der Waals surface area contributed by atoms with Gasteiger partial charge in [-0.25, -0.2) is 8.78 Å². The number of pyridine rings is 1. The lowest BCUT2D eigenvalue weighted by molar-refractivity contribution is 0.569. The van der Waals surface area contributed by atoms with E-state index in [1.54, 1.807) is 7.05 Å². The Hall–Kier alpha value is -1.52. The predicted molar refractivity (Wildman–Crippen MR) is 66.5 cm³/mol. The van der Waals surface area contributed by atoms with E-state index >= 15 is 0 Å². The summed E-state index contributed by atoms with van der Waals surface area (Å²) in [5.74, 6) is -0.863. The number of hydrogen-bond acceptors (Lipinski definition) is 2. The van der Waals surface area contributed by atoms with Crippen LogP contribution in [0, 0.1) is 11.6 Å². The third-order valence-corrected chi connectivity index (χ3v) is 2.85. The Balaban J connectivity index is 2.48. The van der Waals surface area contributed by atoms with Crippen molar-refractivity contribution in [1.82, 2.24) is 10.3 Å². The van der Waals surface area contributed by atoms with Gasteiger partial charge in [-0.3, -0.25) is 4.98 Å². The van der Waals surface area contributed by atoms with Gasteiger partial charge in [-0.15, -0.1) is 0 Å². The summed E-state index contributed by atoms with van der Waals surface area (Å²) in [6, 6.07) is 5.09. The highest BCUT2D eigenvalue weighted by molar-refractivity contribution is 6.30. The molecule has 0 saturated carbocycles. The molecular formula is C13H11ClF2N2. The molecule has 1 N–H and O–H groups in total. The maximum atomic E-state index is 13.8. The summed E-state index contributed by atoms with van der Waals surface area (Å²) in [7, 11) is 1.66. The molecule has 0 aliphatic carbocycles. The molecule has 0 bridgehead atoms. The van der Waals surface area contributed by atoms with Gasteiger partial charge >= 0.3 is 0 Å². The second-order valence-corrected chi connectivity index (χ2v) is 4.26. The molecule has 0 saturated heterocycles. The van der Waals surface area contributed by atoms with Gasteiger partial charge in [-0.2, -0.15) is 0 Å². The van der Waals surface area contributed by atoms with E-state index in [9.17, 15) is 8.78 Å². The fraction of sp³-hybridized carbons (Fsp3) is 0.154. The highest BCUT2D eigenvalue weighted by Crippen LogP contribution is 2.26.